The molecule has 84 valence electrons. The third kappa shape index (κ3) is 2.53. The van der Waals surface area contributed by atoms with Crippen molar-refractivity contribution in [2.45, 2.75) is 9.79 Å². The van der Waals surface area contributed by atoms with Gasteiger partial charge in [-0.1, -0.05) is 12.1 Å². The predicted octanol–water partition coefficient (Wildman–Crippen LogP) is -0.942. The quantitative estimate of drug-likeness (QED) is 0.719. The molecule has 0 radical (unpaired) electrons. The van der Waals surface area contributed by atoms with Crippen LogP contribution in [0.5, 0.6) is 0 Å². The topological polar surface area (TPSA) is 115 Å². The van der Waals surface area contributed by atoms with E-state index in [-0.39, 0.29) is 0 Å². The molecule has 0 amide bonds. The van der Waals surface area contributed by atoms with Gasteiger partial charge in [-0.15, -0.1) is 0 Å². The molecule has 3 N–H and O–H groups in total. The highest BCUT2D eigenvalue weighted by Crippen LogP contribution is 2.19. The van der Waals surface area contributed by atoms with Gasteiger partial charge in [-0.25, -0.2) is 22.0 Å². The van der Waals surface area contributed by atoms with Gasteiger partial charge in [0.2, 0.25) is 19.9 Å². The van der Waals surface area contributed by atoms with Gasteiger partial charge < -0.3 is 5.11 Å². The van der Waals surface area contributed by atoms with Crippen molar-refractivity contribution < 1.29 is 21.9 Å². The van der Waals surface area contributed by atoms with Crippen LogP contribution in [0.4, 0.5) is 0 Å². The van der Waals surface area contributed by atoms with Crippen LogP contribution < -0.4 is 5.14 Å². The number of rotatable bonds is 3. The summed E-state index contributed by atoms with van der Waals surface area (Å²) in [7, 11) is -8.13. The second-order valence-corrected chi connectivity index (χ2v) is 6.19. The minimum absolute atomic E-state index is 0.491. The van der Waals surface area contributed by atoms with E-state index >= 15 is 0 Å². The summed E-state index contributed by atoms with van der Waals surface area (Å²) in [6.07, 6.45) is 0. The Morgan fingerprint density at radius 1 is 1.07 bits per heavy atom. The lowest BCUT2D eigenvalue weighted by molar-refractivity contribution is 0.358. The summed E-state index contributed by atoms with van der Waals surface area (Å²) in [6.45, 7) is 0. The first-order valence-electron chi connectivity index (χ1n) is 3.74. The molecule has 1 aromatic rings. The molecule has 0 saturated heterocycles. The van der Waals surface area contributed by atoms with Crippen LogP contribution in [-0.4, -0.2) is 27.9 Å². The van der Waals surface area contributed by atoms with Gasteiger partial charge in [-0.3, -0.25) is 0 Å². The van der Waals surface area contributed by atoms with Gasteiger partial charge in [0.1, 0.15) is 10.8 Å². The first kappa shape index (κ1) is 12.1. The van der Waals surface area contributed by atoms with E-state index in [4.69, 9.17) is 10.2 Å². The molecule has 0 spiro atoms. The minimum Gasteiger partial charge on any atom is -0.380 e. The van der Waals surface area contributed by atoms with E-state index in [0.29, 0.717) is 0 Å². The van der Waals surface area contributed by atoms with Crippen molar-refractivity contribution in [1.29, 1.82) is 0 Å². The zero-order valence-corrected chi connectivity index (χ0v) is 9.12. The molecular formula is C7H9NO5S2. The lowest BCUT2D eigenvalue weighted by Gasteiger charge is -2.05. The van der Waals surface area contributed by atoms with Crippen LogP contribution in [0, 0.1) is 0 Å². The highest BCUT2D eigenvalue weighted by atomic mass is 32.2. The van der Waals surface area contributed by atoms with Gasteiger partial charge in [-0.2, -0.15) is 0 Å². The maximum atomic E-state index is 11.3. The van der Waals surface area contributed by atoms with Gasteiger partial charge in [0.25, 0.3) is 0 Å². The van der Waals surface area contributed by atoms with E-state index in [1.165, 1.54) is 12.1 Å². The highest BCUT2D eigenvalue weighted by Gasteiger charge is 2.22. The molecule has 0 unspecified atom stereocenters. The second-order valence-electron chi connectivity index (χ2n) is 2.74. The van der Waals surface area contributed by atoms with Crippen LogP contribution in [0.15, 0.2) is 34.1 Å². The van der Waals surface area contributed by atoms with Gasteiger partial charge in [-0.05, 0) is 12.1 Å². The van der Waals surface area contributed by atoms with Crippen molar-refractivity contribution in [3.05, 3.63) is 24.3 Å². The Labute approximate surface area is 87.3 Å². The third-order valence-electron chi connectivity index (χ3n) is 1.66. The number of hydrogen-bond donors (Lipinski definition) is 2. The Morgan fingerprint density at radius 2 is 1.53 bits per heavy atom. The van der Waals surface area contributed by atoms with Crippen LogP contribution in [0.3, 0.4) is 0 Å². The largest absolute Gasteiger partial charge is 0.380 e. The van der Waals surface area contributed by atoms with Crippen LogP contribution >= 0.6 is 0 Å². The van der Waals surface area contributed by atoms with E-state index in [1.807, 2.05) is 0 Å². The molecule has 0 saturated carbocycles. The Morgan fingerprint density at radius 3 is 1.93 bits per heavy atom. The zero-order chi connectivity index (χ0) is 11.7. The summed E-state index contributed by atoms with van der Waals surface area (Å²) in [4.78, 5) is -1.01. The SMILES string of the molecule is NS(=O)(=O)c1ccccc1S(=O)(=O)CO. The summed E-state index contributed by atoms with van der Waals surface area (Å²) >= 11 is 0. The van der Waals surface area contributed by atoms with Gasteiger partial charge >= 0.3 is 0 Å². The normalized spacial score (nSPS) is 12.7. The predicted molar refractivity (Wildman–Crippen MR) is 52.1 cm³/mol. The standard InChI is InChI=1S/C7H9NO5S2/c8-15(12,13)7-4-2-1-3-6(7)14(10,11)5-9/h1-4,9H,5H2,(H2,8,12,13). The Kier molecular flexibility index (Phi) is 3.14. The van der Waals surface area contributed by atoms with Gasteiger partial charge in [0, 0.05) is 0 Å². The van der Waals surface area contributed by atoms with E-state index in [1.54, 1.807) is 0 Å². The van der Waals surface area contributed by atoms with Gasteiger partial charge in [0.05, 0.1) is 4.90 Å². The third-order valence-corrected chi connectivity index (χ3v) is 4.12. The molecule has 0 aliphatic rings. The Hall–Kier alpha value is -0.960. The molecular weight excluding hydrogens is 242 g/mol. The van der Waals surface area contributed by atoms with Crippen molar-refractivity contribution in [3.63, 3.8) is 0 Å². The molecule has 1 rings (SSSR count). The lowest BCUT2D eigenvalue weighted by Crippen LogP contribution is -2.17. The second kappa shape index (κ2) is 3.89. The molecule has 0 bridgehead atoms. The van der Waals surface area contributed by atoms with E-state index in [0.717, 1.165) is 12.1 Å². The molecule has 6 nitrogen and oxygen atoms in total. The summed E-state index contributed by atoms with van der Waals surface area (Å²) in [6, 6.07) is 4.83. The number of aliphatic hydroxyl groups is 1. The Balaban J connectivity index is 3.59. The molecule has 0 atom stereocenters. The van der Waals surface area contributed by atoms with Crippen molar-refractivity contribution in [2.24, 2.45) is 5.14 Å². The number of primary sulfonamides is 1. The average molecular weight is 251 g/mol. The molecule has 15 heavy (non-hydrogen) atoms. The van der Waals surface area contributed by atoms with Crippen LogP contribution in [0.25, 0.3) is 0 Å². The molecule has 0 aliphatic carbocycles. The van der Waals surface area contributed by atoms with E-state index in [2.05, 4.69) is 0 Å². The minimum atomic E-state index is -4.12. The lowest BCUT2D eigenvalue weighted by atomic mass is 10.4. The van der Waals surface area contributed by atoms with Crippen molar-refractivity contribution >= 4 is 19.9 Å². The van der Waals surface area contributed by atoms with Crippen LogP contribution in [0.1, 0.15) is 0 Å². The van der Waals surface area contributed by atoms with E-state index < -0.39 is 35.6 Å². The average Bonchev–Trinajstić information content (AvgIpc) is 2.16. The fourth-order valence-electron chi connectivity index (χ4n) is 1.01. The number of sulfone groups is 1. The fraction of sp³-hybridized carbons (Fsp3) is 0.143. The van der Waals surface area contributed by atoms with E-state index in [9.17, 15) is 16.8 Å². The molecule has 1 aromatic carbocycles. The van der Waals surface area contributed by atoms with Crippen molar-refractivity contribution in [3.8, 4) is 0 Å². The molecule has 0 heterocycles. The number of benzene rings is 1. The van der Waals surface area contributed by atoms with Crippen LogP contribution in [-0.2, 0) is 19.9 Å². The van der Waals surface area contributed by atoms with Crippen LogP contribution in [0.2, 0.25) is 0 Å². The smallest absolute Gasteiger partial charge is 0.239 e. The number of nitrogens with two attached hydrogens (primary N) is 1. The first-order chi connectivity index (χ1) is 6.79. The molecule has 8 heteroatoms. The Bertz CT molecular complexity index is 561. The zero-order valence-electron chi connectivity index (χ0n) is 7.49. The summed E-state index contributed by atoms with van der Waals surface area (Å²) in [5, 5.41) is 13.4. The maximum Gasteiger partial charge on any atom is 0.239 e. The number of aliphatic hydroxyl groups excluding tert-OH is 1. The monoisotopic (exact) mass is 251 g/mol. The number of sulfonamides is 1. The highest BCUT2D eigenvalue weighted by molar-refractivity contribution is 7.93. The maximum absolute atomic E-state index is 11.3. The summed E-state index contributed by atoms with van der Waals surface area (Å²) < 4.78 is 44.7. The molecule has 0 aromatic heterocycles. The van der Waals surface area contributed by atoms with Crippen molar-refractivity contribution in [2.75, 3.05) is 5.94 Å². The van der Waals surface area contributed by atoms with Crippen molar-refractivity contribution in [1.82, 2.24) is 0 Å². The molecule has 0 aliphatic heterocycles. The first-order valence-corrected chi connectivity index (χ1v) is 6.94. The number of hydrogen-bond acceptors (Lipinski definition) is 5. The summed E-state index contributed by atoms with van der Waals surface area (Å²) in [5.41, 5.74) is 0. The summed E-state index contributed by atoms with van der Waals surface area (Å²) in [5.74, 6) is -1.17. The fourth-order valence-corrected chi connectivity index (χ4v) is 3.16. The molecule has 0 fully saturated rings. The van der Waals surface area contributed by atoms with Gasteiger partial charge in [0.15, 0.2) is 0 Å².